The van der Waals surface area contributed by atoms with Crippen molar-refractivity contribution in [2.45, 2.75) is 39.8 Å². The van der Waals surface area contributed by atoms with Crippen LogP contribution in [0.25, 0.3) is 0 Å². The molecule has 0 spiro atoms. The lowest BCUT2D eigenvalue weighted by molar-refractivity contribution is 0.182. The first kappa shape index (κ1) is 14.1. The maximum absolute atomic E-state index is 5.81. The van der Waals surface area contributed by atoms with Gasteiger partial charge >= 0.3 is 0 Å². The molecule has 0 saturated carbocycles. The second-order valence-corrected chi connectivity index (χ2v) is 5.93. The maximum atomic E-state index is 5.81. The van der Waals surface area contributed by atoms with E-state index in [0.717, 1.165) is 29.4 Å². The molecule has 0 radical (unpaired) electrons. The van der Waals surface area contributed by atoms with E-state index in [0.29, 0.717) is 5.92 Å². The van der Waals surface area contributed by atoms with Crippen molar-refractivity contribution in [1.29, 1.82) is 0 Å². The third kappa shape index (κ3) is 2.56. The molecule has 112 valence electrons. The monoisotopic (exact) mass is 286 g/mol. The molecule has 0 amide bonds. The second kappa shape index (κ2) is 5.53. The molecule has 0 aliphatic carbocycles. The Hall–Kier alpha value is -1.81. The van der Waals surface area contributed by atoms with Gasteiger partial charge in [-0.2, -0.15) is 0 Å². The molecule has 0 saturated heterocycles. The van der Waals surface area contributed by atoms with Gasteiger partial charge in [-0.05, 0) is 26.8 Å². The number of aryl methyl sites for hydroxylation is 2. The number of ether oxygens (including phenoxy) is 1. The molecule has 0 bridgehead atoms. The molecule has 4 nitrogen and oxygen atoms in total. The number of fused-ring (bicyclic) bond motifs is 1. The SMILES string of the molecule is Cc1noc(C)c1C(C)NC1c2ccccc2OCC1C. The highest BCUT2D eigenvalue weighted by Crippen LogP contribution is 2.37. The van der Waals surface area contributed by atoms with Crippen LogP contribution in [-0.4, -0.2) is 11.8 Å². The van der Waals surface area contributed by atoms with Gasteiger partial charge in [0.25, 0.3) is 0 Å². The summed E-state index contributed by atoms with van der Waals surface area (Å²) in [4.78, 5) is 0. The standard InChI is InChI=1S/C17H22N2O2/c1-10-9-20-15-8-6-5-7-14(15)17(10)18-11(2)16-12(3)19-21-13(16)4/h5-8,10-11,17-18H,9H2,1-4H3. The minimum Gasteiger partial charge on any atom is -0.493 e. The smallest absolute Gasteiger partial charge is 0.138 e. The van der Waals surface area contributed by atoms with Gasteiger partial charge in [-0.15, -0.1) is 0 Å². The van der Waals surface area contributed by atoms with Gasteiger partial charge in [0.1, 0.15) is 11.5 Å². The van der Waals surface area contributed by atoms with Crippen molar-refractivity contribution in [3.05, 3.63) is 46.8 Å². The van der Waals surface area contributed by atoms with E-state index in [1.165, 1.54) is 5.56 Å². The molecule has 3 unspecified atom stereocenters. The van der Waals surface area contributed by atoms with Crippen LogP contribution in [0, 0.1) is 19.8 Å². The first-order valence-electron chi connectivity index (χ1n) is 7.48. The molecule has 3 atom stereocenters. The van der Waals surface area contributed by atoms with Gasteiger partial charge in [-0.3, -0.25) is 0 Å². The lowest BCUT2D eigenvalue weighted by Gasteiger charge is -2.34. The van der Waals surface area contributed by atoms with Crippen molar-refractivity contribution in [3.8, 4) is 5.75 Å². The molecular weight excluding hydrogens is 264 g/mol. The zero-order valence-electron chi connectivity index (χ0n) is 13.0. The quantitative estimate of drug-likeness (QED) is 0.934. The number of rotatable bonds is 3. The third-order valence-corrected chi connectivity index (χ3v) is 4.28. The summed E-state index contributed by atoms with van der Waals surface area (Å²) in [6.45, 7) is 9.08. The number of aromatic nitrogens is 1. The largest absolute Gasteiger partial charge is 0.493 e. The summed E-state index contributed by atoms with van der Waals surface area (Å²) in [7, 11) is 0. The fourth-order valence-electron chi connectivity index (χ4n) is 3.21. The first-order valence-corrected chi connectivity index (χ1v) is 7.48. The van der Waals surface area contributed by atoms with Gasteiger partial charge in [0, 0.05) is 29.1 Å². The molecule has 0 fully saturated rings. The molecule has 1 aliphatic heterocycles. The van der Waals surface area contributed by atoms with E-state index >= 15 is 0 Å². The molecule has 1 N–H and O–H groups in total. The van der Waals surface area contributed by atoms with Gasteiger partial charge in [-0.25, -0.2) is 0 Å². The first-order chi connectivity index (χ1) is 10.1. The van der Waals surface area contributed by atoms with Gasteiger partial charge in [0.05, 0.1) is 12.3 Å². The van der Waals surface area contributed by atoms with Crippen molar-refractivity contribution in [2.24, 2.45) is 5.92 Å². The number of nitrogens with one attached hydrogen (secondary N) is 1. The van der Waals surface area contributed by atoms with Crippen LogP contribution in [0.1, 0.15) is 48.5 Å². The Balaban J connectivity index is 1.87. The maximum Gasteiger partial charge on any atom is 0.138 e. The molecule has 4 heteroatoms. The van der Waals surface area contributed by atoms with E-state index < -0.39 is 0 Å². The summed E-state index contributed by atoms with van der Waals surface area (Å²) in [6, 6.07) is 8.73. The minimum atomic E-state index is 0.190. The van der Waals surface area contributed by atoms with Crippen LogP contribution in [-0.2, 0) is 0 Å². The normalized spacial score (nSPS) is 22.5. The third-order valence-electron chi connectivity index (χ3n) is 4.28. The van der Waals surface area contributed by atoms with E-state index in [1.54, 1.807) is 0 Å². The number of para-hydroxylation sites is 1. The van der Waals surface area contributed by atoms with Gasteiger partial charge in [0.2, 0.25) is 0 Å². The fraction of sp³-hybridized carbons (Fsp3) is 0.471. The Bertz CT molecular complexity index is 616. The Morgan fingerprint density at radius 2 is 2.05 bits per heavy atom. The minimum absolute atomic E-state index is 0.190. The second-order valence-electron chi connectivity index (χ2n) is 5.93. The van der Waals surface area contributed by atoms with Crippen molar-refractivity contribution in [1.82, 2.24) is 10.5 Å². The Labute approximate surface area is 125 Å². The molecule has 21 heavy (non-hydrogen) atoms. The summed E-state index contributed by atoms with van der Waals surface area (Å²) in [6.07, 6.45) is 0. The number of hydrogen-bond donors (Lipinski definition) is 1. The highest BCUT2D eigenvalue weighted by Gasteiger charge is 2.30. The predicted molar refractivity (Wildman–Crippen MR) is 81.4 cm³/mol. The Morgan fingerprint density at radius 1 is 1.29 bits per heavy atom. The van der Waals surface area contributed by atoms with Crippen LogP contribution < -0.4 is 10.1 Å². The van der Waals surface area contributed by atoms with Gasteiger partial charge in [-0.1, -0.05) is 30.3 Å². The Morgan fingerprint density at radius 3 is 2.76 bits per heavy atom. The lowest BCUT2D eigenvalue weighted by atomic mass is 9.90. The van der Waals surface area contributed by atoms with Crippen molar-refractivity contribution in [2.75, 3.05) is 6.61 Å². The summed E-state index contributed by atoms with van der Waals surface area (Å²) >= 11 is 0. The van der Waals surface area contributed by atoms with E-state index in [2.05, 4.69) is 36.5 Å². The van der Waals surface area contributed by atoms with Gasteiger partial charge in [0.15, 0.2) is 0 Å². The van der Waals surface area contributed by atoms with E-state index in [9.17, 15) is 0 Å². The summed E-state index contributed by atoms with van der Waals surface area (Å²) in [5.74, 6) is 2.29. The predicted octanol–water partition coefficient (Wildman–Crippen LogP) is 3.71. The molecule has 3 rings (SSSR count). The highest BCUT2D eigenvalue weighted by atomic mass is 16.5. The van der Waals surface area contributed by atoms with Crippen molar-refractivity contribution in [3.63, 3.8) is 0 Å². The average molecular weight is 286 g/mol. The van der Waals surface area contributed by atoms with Crippen LogP contribution in [0.3, 0.4) is 0 Å². The number of nitrogens with zero attached hydrogens (tertiary/aromatic N) is 1. The molecule has 1 aromatic carbocycles. The van der Waals surface area contributed by atoms with Crippen LogP contribution in [0.4, 0.5) is 0 Å². The molecule has 1 aliphatic rings. The van der Waals surface area contributed by atoms with Crippen LogP contribution in [0.15, 0.2) is 28.8 Å². The number of benzene rings is 1. The fourth-order valence-corrected chi connectivity index (χ4v) is 3.21. The van der Waals surface area contributed by atoms with Crippen LogP contribution in [0.5, 0.6) is 5.75 Å². The molecular formula is C17H22N2O2. The highest BCUT2D eigenvalue weighted by molar-refractivity contribution is 5.38. The van der Waals surface area contributed by atoms with E-state index in [4.69, 9.17) is 9.26 Å². The van der Waals surface area contributed by atoms with E-state index in [1.807, 2.05) is 26.0 Å². The van der Waals surface area contributed by atoms with Crippen molar-refractivity contribution < 1.29 is 9.26 Å². The average Bonchev–Trinajstić information content (AvgIpc) is 2.81. The van der Waals surface area contributed by atoms with Crippen LogP contribution in [0.2, 0.25) is 0 Å². The van der Waals surface area contributed by atoms with Crippen molar-refractivity contribution >= 4 is 0 Å². The summed E-state index contributed by atoms with van der Waals surface area (Å²) < 4.78 is 11.1. The summed E-state index contributed by atoms with van der Waals surface area (Å²) in [5.41, 5.74) is 3.35. The van der Waals surface area contributed by atoms with Crippen LogP contribution >= 0.6 is 0 Å². The lowest BCUT2D eigenvalue weighted by Crippen LogP contribution is -2.35. The Kier molecular flexibility index (Phi) is 3.72. The van der Waals surface area contributed by atoms with Gasteiger partial charge < -0.3 is 14.6 Å². The molecule has 2 aromatic rings. The zero-order valence-corrected chi connectivity index (χ0v) is 13.0. The molecule has 1 aromatic heterocycles. The summed E-state index contributed by atoms with van der Waals surface area (Å²) in [5, 5.41) is 7.78. The zero-order chi connectivity index (χ0) is 15.0. The molecule has 2 heterocycles. The number of hydrogen-bond acceptors (Lipinski definition) is 4. The van der Waals surface area contributed by atoms with E-state index in [-0.39, 0.29) is 12.1 Å². The topological polar surface area (TPSA) is 47.3 Å².